The predicted octanol–water partition coefficient (Wildman–Crippen LogP) is 1.40. The lowest BCUT2D eigenvalue weighted by Gasteiger charge is -2.48. The molecule has 3 nitrogen and oxygen atoms in total. The Kier molecular flexibility index (Phi) is 4.45. The maximum Gasteiger partial charge on any atom is 0.0247 e. The van der Waals surface area contributed by atoms with Crippen LogP contribution < -0.4 is 5.32 Å². The smallest absolute Gasteiger partial charge is 0.0247 e. The first-order valence-corrected chi connectivity index (χ1v) is 7.25. The number of piperazine rings is 1. The molecule has 3 atom stereocenters. The Hall–Kier alpha value is -0.120. The fourth-order valence-corrected chi connectivity index (χ4v) is 3.40. The first-order chi connectivity index (χ1) is 8.08. The molecule has 2 saturated heterocycles. The lowest BCUT2D eigenvalue weighted by Crippen LogP contribution is -2.62. The third-order valence-electron chi connectivity index (χ3n) is 4.42. The highest BCUT2D eigenvalue weighted by Crippen LogP contribution is 2.23. The minimum absolute atomic E-state index is 0.650. The second kappa shape index (κ2) is 5.68. The van der Waals surface area contributed by atoms with Crippen molar-refractivity contribution < 1.29 is 0 Å². The lowest BCUT2D eigenvalue weighted by molar-refractivity contribution is 0.0260. The van der Waals surface area contributed by atoms with Crippen molar-refractivity contribution in [2.45, 2.75) is 51.7 Å². The Bertz CT molecular complexity index is 242. The van der Waals surface area contributed by atoms with Gasteiger partial charge in [-0.1, -0.05) is 13.8 Å². The van der Waals surface area contributed by atoms with E-state index in [-0.39, 0.29) is 0 Å². The summed E-state index contributed by atoms with van der Waals surface area (Å²) in [5.74, 6) is 0.752. The zero-order valence-corrected chi connectivity index (χ0v) is 11.9. The molecule has 100 valence electrons. The number of likely N-dealkylation sites (N-methyl/N-ethyl adjacent to an activating group) is 1. The number of likely N-dealkylation sites (tertiary alicyclic amines) is 1. The molecule has 2 fully saturated rings. The molecule has 3 unspecified atom stereocenters. The van der Waals surface area contributed by atoms with Gasteiger partial charge in [-0.2, -0.15) is 0 Å². The second-order valence-electron chi connectivity index (χ2n) is 6.38. The molecule has 0 spiro atoms. The minimum atomic E-state index is 0.650. The van der Waals surface area contributed by atoms with Crippen LogP contribution in [0.5, 0.6) is 0 Å². The Morgan fingerprint density at radius 3 is 2.65 bits per heavy atom. The summed E-state index contributed by atoms with van der Waals surface area (Å²) in [5, 5.41) is 3.64. The molecule has 0 radical (unpaired) electrons. The Labute approximate surface area is 107 Å². The Morgan fingerprint density at radius 2 is 2.00 bits per heavy atom. The average molecular weight is 239 g/mol. The zero-order chi connectivity index (χ0) is 12.4. The van der Waals surface area contributed by atoms with Crippen molar-refractivity contribution in [3.63, 3.8) is 0 Å². The van der Waals surface area contributed by atoms with E-state index in [4.69, 9.17) is 0 Å². The molecule has 0 aliphatic carbocycles. The third-order valence-corrected chi connectivity index (χ3v) is 4.42. The Balaban J connectivity index is 2.03. The van der Waals surface area contributed by atoms with E-state index in [2.05, 4.69) is 42.9 Å². The predicted molar refractivity (Wildman–Crippen MR) is 73.3 cm³/mol. The molecular weight excluding hydrogens is 210 g/mol. The molecule has 0 saturated carbocycles. The van der Waals surface area contributed by atoms with Gasteiger partial charge in [0.15, 0.2) is 0 Å². The van der Waals surface area contributed by atoms with Gasteiger partial charge in [0.2, 0.25) is 0 Å². The topological polar surface area (TPSA) is 18.5 Å². The van der Waals surface area contributed by atoms with Crippen molar-refractivity contribution >= 4 is 0 Å². The van der Waals surface area contributed by atoms with Crippen LogP contribution in [0.4, 0.5) is 0 Å². The minimum Gasteiger partial charge on any atom is -0.311 e. The monoisotopic (exact) mass is 239 g/mol. The van der Waals surface area contributed by atoms with Crippen LogP contribution in [-0.2, 0) is 0 Å². The number of piperidine rings is 1. The van der Waals surface area contributed by atoms with Crippen molar-refractivity contribution in [2.24, 2.45) is 5.92 Å². The number of nitrogens with zero attached hydrogens (tertiary/aromatic N) is 2. The van der Waals surface area contributed by atoms with Crippen LogP contribution in [0.2, 0.25) is 0 Å². The number of hydrogen-bond donors (Lipinski definition) is 1. The van der Waals surface area contributed by atoms with Crippen LogP contribution >= 0.6 is 0 Å². The molecule has 0 bridgehead atoms. The van der Waals surface area contributed by atoms with Gasteiger partial charge in [-0.3, -0.25) is 4.90 Å². The molecule has 17 heavy (non-hydrogen) atoms. The van der Waals surface area contributed by atoms with E-state index in [1.807, 2.05) is 0 Å². The first-order valence-electron chi connectivity index (χ1n) is 7.25. The summed E-state index contributed by atoms with van der Waals surface area (Å²) >= 11 is 0. The number of nitrogens with one attached hydrogen (secondary N) is 1. The molecule has 0 amide bonds. The van der Waals surface area contributed by atoms with Crippen LogP contribution in [0.1, 0.15) is 33.6 Å². The quantitative estimate of drug-likeness (QED) is 0.786. The summed E-state index contributed by atoms with van der Waals surface area (Å²) < 4.78 is 0. The highest BCUT2D eigenvalue weighted by Gasteiger charge is 2.34. The van der Waals surface area contributed by atoms with Gasteiger partial charge in [-0.15, -0.1) is 0 Å². The van der Waals surface area contributed by atoms with E-state index in [1.54, 1.807) is 0 Å². The molecule has 2 rings (SSSR count). The second-order valence-corrected chi connectivity index (χ2v) is 6.38. The van der Waals surface area contributed by atoms with Crippen molar-refractivity contribution in [2.75, 3.05) is 33.2 Å². The highest BCUT2D eigenvalue weighted by atomic mass is 15.3. The maximum absolute atomic E-state index is 3.64. The molecular formula is C14H29N3. The average Bonchev–Trinajstić information content (AvgIpc) is 2.28. The maximum atomic E-state index is 3.64. The normalized spacial score (nSPS) is 37.6. The van der Waals surface area contributed by atoms with Crippen molar-refractivity contribution in [1.82, 2.24) is 15.1 Å². The van der Waals surface area contributed by atoms with Gasteiger partial charge in [0.25, 0.3) is 0 Å². The summed E-state index contributed by atoms with van der Waals surface area (Å²) in [5.41, 5.74) is 0. The SMILES string of the molecule is CC1CN(C2CCCN(C)C2)C(C(C)C)CN1. The van der Waals surface area contributed by atoms with Crippen LogP contribution in [-0.4, -0.2) is 61.2 Å². The molecule has 1 N–H and O–H groups in total. The fraction of sp³-hybridized carbons (Fsp3) is 1.00. The molecule has 3 heteroatoms. The summed E-state index contributed by atoms with van der Waals surface area (Å²) in [6.07, 6.45) is 2.75. The fourth-order valence-electron chi connectivity index (χ4n) is 3.40. The first kappa shape index (κ1) is 13.3. The van der Waals surface area contributed by atoms with Crippen molar-refractivity contribution in [3.05, 3.63) is 0 Å². The lowest BCUT2D eigenvalue weighted by atomic mass is 9.94. The van der Waals surface area contributed by atoms with Crippen LogP contribution in [0.25, 0.3) is 0 Å². The van der Waals surface area contributed by atoms with E-state index in [9.17, 15) is 0 Å². The number of rotatable bonds is 2. The van der Waals surface area contributed by atoms with E-state index in [1.165, 1.54) is 39.0 Å². The van der Waals surface area contributed by atoms with E-state index >= 15 is 0 Å². The van der Waals surface area contributed by atoms with Gasteiger partial charge in [0, 0.05) is 37.8 Å². The summed E-state index contributed by atoms with van der Waals surface area (Å²) in [6, 6.07) is 2.16. The van der Waals surface area contributed by atoms with E-state index in [0.29, 0.717) is 6.04 Å². The Morgan fingerprint density at radius 1 is 1.24 bits per heavy atom. The van der Waals surface area contributed by atoms with Crippen LogP contribution in [0.15, 0.2) is 0 Å². The highest BCUT2D eigenvalue weighted by molar-refractivity contribution is 4.92. The molecule has 2 heterocycles. The number of hydrogen-bond acceptors (Lipinski definition) is 3. The standard InChI is InChI=1S/C14H29N3/c1-11(2)14-8-15-12(3)9-17(14)13-6-5-7-16(4)10-13/h11-15H,5-10H2,1-4H3. The molecule has 2 aliphatic rings. The summed E-state index contributed by atoms with van der Waals surface area (Å²) in [7, 11) is 2.27. The van der Waals surface area contributed by atoms with Gasteiger partial charge in [0.05, 0.1) is 0 Å². The van der Waals surface area contributed by atoms with Crippen LogP contribution in [0.3, 0.4) is 0 Å². The van der Waals surface area contributed by atoms with Crippen LogP contribution in [0, 0.1) is 5.92 Å². The van der Waals surface area contributed by atoms with Gasteiger partial charge in [0.1, 0.15) is 0 Å². The molecule has 2 aliphatic heterocycles. The summed E-state index contributed by atoms with van der Waals surface area (Å²) in [4.78, 5) is 5.29. The van der Waals surface area contributed by atoms with Crippen molar-refractivity contribution in [3.8, 4) is 0 Å². The largest absolute Gasteiger partial charge is 0.311 e. The zero-order valence-electron chi connectivity index (χ0n) is 11.9. The molecule has 0 aromatic rings. The molecule has 0 aromatic heterocycles. The molecule has 0 aromatic carbocycles. The van der Waals surface area contributed by atoms with Gasteiger partial charge < -0.3 is 10.2 Å². The van der Waals surface area contributed by atoms with Gasteiger partial charge in [-0.25, -0.2) is 0 Å². The van der Waals surface area contributed by atoms with Crippen molar-refractivity contribution in [1.29, 1.82) is 0 Å². The third kappa shape index (κ3) is 3.21. The van der Waals surface area contributed by atoms with Gasteiger partial charge >= 0.3 is 0 Å². The van der Waals surface area contributed by atoms with Gasteiger partial charge in [-0.05, 0) is 39.3 Å². The van der Waals surface area contributed by atoms with E-state index < -0.39 is 0 Å². The van der Waals surface area contributed by atoms with E-state index in [0.717, 1.165) is 18.0 Å². The summed E-state index contributed by atoms with van der Waals surface area (Å²) in [6.45, 7) is 12.0.